The zero-order valence-corrected chi connectivity index (χ0v) is 25.6. The van der Waals surface area contributed by atoms with Crippen molar-refractivity contribution in [1.82, 2.24) is 24.6 Å². The lowest BCUT2D eigenvalue weighted by Gasteiger charge is -2.32. The van der Waals surface area contributed by atoms with Crippen LogP contribution in [0.3, 0.4) is 0 Å². The fourth-order valence-electron chi connectivity index (χ4n) is 5.52. The molecule has 1 aliphatic heterocycles. The molecule has 4 aromatic rings. The van der Waals surface area contributed by atoms with Crippen LogP contribution >= 0.6 is 0 Å². The second-order valence-electron chi connectivity index (χ2n) is 11.4. The van der Waals surface area contributed by atoms with Crippen molar-refractivity contribution in [2.24, 2.45) is 10.9 Å². The summed E-state index contributed by atoms with van der Waals surface area (Å²) in [6.07, 6.45) is 3.43. The summed E-state index contributed by atoms with van der Waals surface area (Å²) in [4.78, 5) is 27.7. The van der Waals surface area contributed by atoms with Crippen LogP contribution in [0.5, 0.6) is 0 Å². The predicted molar refractivity (Wildman–Crippen MR) is 172 cm³/mol. The van der Waals surface area contributed by atoms with E-state index in [2.05, 4.69) is 65.3 Å². The highest BCUT2D eigenvalue weighted by atomic mass is 16.1. The number of pyridine rings is 1. The second-order valence-corrected chi connectivity index (χ2v) is 11.4. The molecule has 2 aromatic heterocycles. The van der Waals surface area contributed by atoms with Crippen LogP contribution in [-0.2, 0) is 30.7 Å². The van der Waals surface area contributed by atoms with Crippen molar-refractivity contribution >= 4 is 34.4 Å². The molecule has 8 nitrogen and oxygen atoms in total. The third-order valence-electron chi connectivity index (χ3n) is 8.08. The van der Waals surface area contributed by atoms with Crippen molar-refractivity contribution in [3.63, 3.8) is 0 Å². The smallest absolute Gasteiger partial charge is 0.232 e. The Kier molecular flexibility index (Phi) is 9.45. The highest BCUT2D eigenvalue weighted by Gasteiger charge is 2.18. The first-order valence-electron chi connectivity index (χ1n) is 15.1. The van der Waals surface area contributed by atoms with E-state index in [1.54, 1.807) is 6.21 Å². The van der Waals surface area contributed by atoms with Crippen LogP contribution in [0.2, 0.25) is 0 Å². The minimum absolute atomic E-state index is 0.0898. The number of fused-ring (bicyclic) bond motifs is 1. The van der Waals surface area contributed by atoms with Gasteiger partial charge in [-0.15, -0.1) is 0 Å². The van der Waals surface area contributed by atoms with Gasteiger partial charge in [0.1, 0.15) is 0 Å². The summed E-state index contributed by atoms with van der Waals surface area (Å²) in [6.45, 7) is 14.0. The molecule has 1 aliphatic rings. The van der Waals surface area contributed by atoms with Gasteiger partial charge < -0.3 is 10.2 Å². The second kappa shape index (κ2) is 13.4. The van der Waals surface area contributed by atoms with Crippen LogP contribution in [0.4, 0.5) is 11.4 Å². The minimum Gasteiger partial charge on any atom is -0.325 e. The topological polar surface area (TPSA) is 78.6 Å². The van der Waals surface area contributed by atoms with Gasteiger partial charge in [-0.3, -0.25) is 24.4 Å². The maximum Gasteiger partial charge on any atom is 0.232 e. The number of benzene rings is 2. The summed E-state index contributed by atoms with van der Waals surface area (Å²) >= 11 is 0. The number of nitrogens with zero attached hydrogens (tertiary/aromatic N) is 6. The van der Waals surface area contributed by atoms with E-state index in [0.29, 0.717) is 6.54 Å². The summed E-state index contributed by atoms with van der Waals surface area (Å²) in [5, 5.41) is 9.04. The lowest BCUT2D eigenvalue weighted by atomic mass is 10.1. The molecular formula is C34H43N7O. The van der Waals surface area contributed by atoms with Crippen molar-refractivity contribution in [2.75, 3.05) is 38.5 Å². The Bertz CT molecular complexity index is 1570. The van der Waals surface area contributed by atoms with Crippen LogP contribution in [0.1, 0.15) is 49.0 Å². The number of amides is 1. The van der Waals surface area contributed by atoms with E-state index >= 15 is 0 Å². The maximum absolute atomic E-state index is 13.4. The van der Waals surface area contributed by atoms with Gasteiger partial charge in [-0.05, 0) is 75.2 Å². The van der Waals surface area contributed by atoms with Crippen LogP contribution in [0.15, 0.2) is 59.6 Å². The molecule has 220 valence electrons. The van der Waals surface area contributed by atoms with Crippen molar-refractivity contribution < 1.29 is 4.79 Å². The monoisotopic (exact) mass is 565 g/mol. The number of anilines is 1. The molecule has 0 saturated carbocycles. The third-order valence-corrected chi connectivity index (χ3v) is 8.08. The molecule has 0 spiro atoms. The van der Waals surface area contributed by atoms with Crippen molar-refractivity contribution in [2.45, 2.75) is 53.6 Å². The predicted octanol–water partition coefficient (Wildman–Crippen LogP) is 5.64. The van der Waals surface area contributed by atoms with Gasteiger partial charge in [0, 0.05) is 50.0 Å². The fourth-order valence-corrected chi connectivity index (χ4v) is 5.52. The van der Waals surface area contributed by atoms with Gasteiger partial charge in [-0.25, -0.2) is 0 Å². The molecule has 0 bridgehead atoms. The molecule has 1 unspecified atom stereocenters. The van der Waals surface area contributed by atoms with Gasteiger partial charge in [-0.2, -0.15) is 5.10 Å². The van der Waals surface area contributed by atoms with Gasteiger partial charge in [-0.1, -0.05) is 38.1 Å². The van der Waals surface area contributed by atoms with E-state index in [0.717, 1.165) is 84.9 Å². The van der Waals surface area contributed by atoms with Crippen LogP contribution in [0.25, 0.3) is 10.9 Å². The van der Waals surface area contributed by atoms with Crippen molar-refractivity contribution in [3.8, 4) is 0 Å². The van der Waals surface area contributed by atoms with Crippen LogP contribution in [0, 0.1) is 12.8 Å². The number of hydrogen-bond donors (Lipinski definition) is 1. The van der Waals surface area contributed by atoms with Gasteiger partial charge in [0.2, 0.25) is 5.91 Å². The van der Waals surface area contributed by atoms with Crippen LogP contribution < -0.4 is 5.32 Å². The highest BCUT2D eigenvalue weighted by Crippen LogP contribution is 2.29. The lowest BCUT2D eigenvalue weighted by molar-refractivity contribution is -0.117. The Balaban J connectivity index is 1.31. The van der Waals surface area contributed by atoms with Crippen molar-refractivity contribution in [3.05, 3.63) is 82.8 Å². The zero-order valence-electron chi connectivity index (χ0n) is 25.6. The average Bonchev–Trinajstić information content (AvgIpc) is 3.35. The van der Waals surface area contributed by atoms with E-state index < -0.39 is 5.92 Å². The number of piperazine rings is 1. The number of likely N-dealkylation sites (N-methyl/N-ethyl adjacent to an activating group) is 1. The number of aliphatic imine (C=N–C) groups is 1. The van der Waals surface area contributed by atoms with E-state index in [4.69, 9.17) is 10.1 Å². The average molecular weight is 566 g/mol. The third kappa shape index (κ3) is 6.94. The Morgan fingerprint density at radius 3 is 2.55 bits per heavy atom. The Labute approximate surface area is 249 Å². The number of rotatable bonds is 10. The first-order chi connectivity index (χ1) is 20.3. The Morgan fingerprint density at radius 1 is 1.02 bits per heavy atom. The number of nitrogens with one attached hydrogen (secondary N) is 1. The van der Waals surface area contributed by atoms with E-state index in [-0.39, 0.29) is 5.91 Å². The molecule has 42 heavy (non-hydrogen) atoms. The fraction of sp³-hybridized carbons (Fsp3) is 0.412. The summed E-state index contributed by atoms with van der Waals surface area (Å²) < 4.78 is 1.98. The standard InChI is InChI=1S/C34H43N7O/c1-6-27-15-14-26(22-40-18-16-39(5)17-19-40)20-31(27)35-21-24(3)34(42)37-30-12-9-13-32-33(30)29(7-2)38-41(32)23-28-11-8-10-25(4)36-28/h8-15,20-21,24H,6-7,16-19,22-23H2,1-5H3,(H,37,42). The molecule has 1 amide bonds. The quantitative estimate of drug-likeness (QED) is 0.252. The lowest BCUT2D eigenvalue weighted by Crippen LogP contribution is -2.43. The molecule has 1 fully saturated rings. The summed E-state index contributed by atoms with van der Waals surface area (Å²) in [5.74, 6) is -0.490. The first kappa shape index (κ1) is 29.6. The van der Waals surface area contributed by atoms with Gasteiger partial charge in [0.15, 0.2) is 0 Å². The molecule has 0 radical (unpaired) electrons. The van der Waals surface area contributed by atoms with E-state index in [1.807, 2.05) is 48.9 Å². The van der Waals surface area contributed by atoms with E-state index in [9.17, 15) is 4.79 Å². The highest BCUT2D eigenvalue weighted by molar-refractivity contribution is 6.07. The molecule has 1 N–H and O–H groups in total. The summed E-state index contributed by atoms with van der Waals surface area (Å²) in [6, 6.07) is 18.6. The summed E-state index contributed by atoms with van der Waals surface area (Å²) in [7, 11) is 2.18. The Morgan fingerprint density at radius 2 is 1.81 bits per heavy atom. The van der Waals surface area contributed by atoms with Crippen LogP contribution in [-0.4, -0.2) is 69.9 Å². The normalized spacial score (nSPS) is 15.5. The minimum atomic E-state index is -0.400. The number of carbonyl (C=O) groups is 1. The molecule has 5 rings (SSSR count). The number of aryl methyl sites for hydroxylation is 3. The SMILES string of the molecule is CCc1ccc(CN2CCN(C)CC2)cc1N=CC(C)C(=O)Nc1cccc2c1c(CC)nn2Cc1cccc(C)n1. The molecule has 1 atom stereocenters. The maximum atomic E-state index is 13.4. The number of carbonyl (C=O) groups excluding carboxylic acids is 1. The number of hydrogen-bond acceptors (Lipinski definition) is 6. The molecule has 8 heteroatoms. The van der Waals surface area contributed by atoms with E-state index in [1.165, 1.54) is 11.1 Å². The Hall–Kier alpha value is -3.88. The van der Waals surface area contributed by atoms with Gasteiger partial charge in [0.05, 0.1) is 40.7 Å². The van der Waals surface area contributed by atoms with Gasteiger partial charge >= 0.3 is 0 Å². The largest absolute Gasteiger partial charge is 0.325 e. The summed E-state index contributed by atoms with van der Waals surface area (Å²) in [5.41, 5.74) is 8.06. The molecule has 1 saturated heterocycles. The molecule has 3 heterocycles. The number of aromatic nitrogens is 3. The zero-order chi connectivity index (χ0) is 29.6. The van der Waals surface area contributed by atoms with Gasteiger partial charge in [0.25, 0.3) is 0 Å². The van der Waals surface area contributed by atoms with Crippen molar-refractivity contribution in [1.29, 1.82) is 0 Å². The molecule has 2 aromatic carbocycles. The first-order valence-corrected chi connectivity index (χ1v) is 15.1. The molecular weight excluding hydrogens is 522 g/mol. The molecule has 0 aliphatic carbocycles.